The highest BCUT2D eigenvalue weighted by molar-refractivity contribution is 5.87. The number of carbonyl (C=O) groups excluding carboxylic acids is 1. The molecule has 2 aromatic carbocycles. The summed E-state index contributed by atoms with van der Waals surface area (Å²) in [5.74, 6) is -0.0103. The molecule has 1 fully saturated rings. The van der Waals surface area contributed by atoms with Crippen LogP contribution in [0.2, 0.25) is 0 Å². The molecule has 0 amide bonds. The average Bonchev–Trinajstić information content (AvgIpc) is 3.34. The molecule has 2 N–H and O–H groups in total. The van der Waals surface area contributed by atoms with Gasteiger partial charge < -0.3 is 10.5 Å². The van der Waals surface area contributed by atoms with Gasteiger partial charge in [0.25, 0.3) is 0 Å². The minimum Gasteiger partial charge on any atom is -0.465 e. The molecule has 1 aliphatic rings. The van der Waals surface area contributed by atoms with Crippen LogP contribution in [0.25, 0.3) is 0 Å². The van der Waals surface area contributed by atoms with Crippen molar-refractivity contribution >= 4 is 5.97 Å². The molecule has 3 rings (SSSR count). The van der Waals surface area contributed by atoms with Crippen molar-refractivity contribution < 1.29 is 9.53 Å². The number of hydrogen-bond acceptors (Lipinski definition) is 3. The van der Waals surface area contributed by atoms with Crippen LogP contribution in [0.15, 0.2) is 60.7 Å². The van der Waals surface area contributed by atoms with Gasteiger partial charge in [0.2, 0.25) is 0 Å². The van der Waals surface area contributed by atoms with E-state index in [9.17, 15) is 4.79 Å². The molecule has 0 saturated heterocycles. The van der Waals surface area contributed by atoms with E-state index in [1.807, 2.05) is 55.5 Å². The van der Waals surface area contributed by atoms with E-state index in [2.05, 4.69) is 12.1 Å². The summed E-state index contributed by atoms with van der Waals surface area (Å²) < 4.78 is 5.36. The summed E-state index contributed by atoms with van der Waals surface area (Å²) in [5, 5.41) is 0. The van der Waals surface area contributed by atoms with Crippen molar-refractivity contribution in [3.63, 3.8) is 0 Å². The Morgan fingerprint density at radius 2 is 1.78 bits per heavy atom. The fourth-order valence-corrected chi connectivity index (χ4v) is 3.51. The molecule has 3 heteroatoms. The first-order valence-electron chi connectivity index (χ1n) is 8.20. The van der Waals surface area contributed by atoms with E-state index in [-0.39, 0.29) is 17.9 Å². The first-order valence-corrected chi connectivity index (χ1v) is 8.20. The zero-order chi connectivity index (χ0) is 16.3. The Hall–Kier alpha value is -2.13. The zero-order valence-electron chi connectivity index (χ0n) is 13.4. The fourth-order valence-electron chi connectivity index (χ4n) is 3.51. The molecule has 3 unspecified atom stereocenters. The van der Waals surface area contributed by atoms with Gasteiger partial charge in [-0.2, -0.15) is 0 Å². The second kappa shape index (κ2) is 6.55. The fraction of sp³-hybridized carbons (Fsp3) is 0.350. The lowest BCUT2D eigenvalue weighted by Crippen LogP contribution is -2.34. The first-order chi connectivity index (χ1) is 11.2. The van der Waals surface area contributed by atoms with Gasteiger partial charge in [-0.1, -0.05) is 60.7 Å². The normalized spacial score (nSPS) is 24.0. The van der Waals surface area contributed by atoms with Crippen molar-refractivity contribution in [1.82, 2.24) is 0 Å². The van der Waals surface area contributed by atoms with Gasteiger partial charge in [0.05, 0.1) is 12.0 Å². The van der Waals surface area contributed by atoms with Gasteiger partial charge in [0.15, 0.2) is 0 Å². The van der Waals surface area contributed by atoms with Gasteiger partial charge in [0, 0.05) is 6.04 Å². The number of esters is 1. The van der Waals surface area contributed by atoms with E-state index in [1.165, 1.54) is 5.56 Å². The summed E-state index contributed by atoms with van der Waals surface area (Å²) in [5.41, 5.74) is 8.11. The van der Waals surface area contributed by atoms with Gasteiger partial charge in [-0.3, -0.25) is 4.79 Å². The van der Waals surface area contributed by atoms with Gasteiger partial charge in [-0.25, -0.2) is 0 Å². The lowest BCUT2D eigenvalue weighted by Gasteiger charge is -2.20. The van der Waals surface area contributed by atoms with Crippen LogP contribution in [0.5, 0.6) is 0 Å². The van der Waals surface area contributed by atoms with Crippen LogP contribution in [0, 0.1) is 5.92 Å². The van der Waals surface area contributed by atoms with Gasteiger partial charge in [-0.15, -0.1) is 0 Å². The maximum Gasteiger partial charge on any atom is 0.316 e. The van der Waals surface area contributed by atoms with Crippen LogP contribution >= 0.6 is 0 Å². The molecule has 120 valence electrons. The zero-order valence-corrected chi connectivity index (χ0v) is 13.4. The maximum atomic E-state index is 12.6. The number of rotatable bonds is 6. The molecule has 3 nitrogen and oxygen atoms in total. The predicted octanol–water partition coefficient (Wildman–Crippen LogP) is 3.08. The predicted molar refractivity (Wildman–Crippen MR) is 91.0 cm³/mol. The smallest absolute Gasteiger partial charge is 0.316 e. The Labute approximate surface area is 137 Å². The third kappa shape index (κ3) is 3.02. The summed E-state index contributed by atoms with van der Waals surface area (Å²) in [6.45, 7) is 2.24. The quantitative estimate of drug-likeness (QED) is 0.834. The van der Waals surface area contributed by atoms with Crippen LogP contribution in [0.3, 0.4) is 0 Å². The monoisotopic (exact) mass is 309 g/mol. The van der Waals surface area contributed by atoms with Gasteiger partial charge >= 0.3 is 5.97 Å². The largest absolute Gasteiger partial charge is 0.465 e. The molecule has 1 aliphatic carbocycles. The van der Waals surface area contributed by atoms with E-state index >= 15 is 0 Å². The summed E-state index contributed by atoms with van der Waals surface area (Å²) in [6, 6.07) is 20.1. The maximum absolute atomic E-state index is 12.6. The highest BCUT2D eigenvalue weighted by Gasteiger charge is 2.64. The van der Waals surface area contributed by atoms with Crippen molar-refractivity contribution in [3.05, 3.63) is 71.8 Å². The Bertz CT molecular complexity index is 656. The highest BCUT2D eigenvalue weighted by Crippen LogP contribution is 2.56. The molecule has 3 atom stereocenters. The SMILES string of the molecule is CCOC(=O)C1(c2ccccc2)CC1C(N)Cc1ccccc1. The summed E-state index contributed by atoms with van der Waals surface area (Å²) in [4.78, 5) is 12.6. The number of benzene rings is 2. The first kappa shape index (κ1) is 15.8. The molecular formula is C20H23NO2. The molecule has 23 heavy (non-hydrogen) atoms. The van der Waals surface area contributed by atoms with Crippen molar-refractivity contribution in [2.45, 2.75) is 31.2 Å². The highest BCUT2D eigenvalue weighted by atomic mass is 16.5. The topological polar surface area (TPSA) is 52.3 Å². The number of carbonyl (C=O) groups is 1. The van der Waals surface area contributed by atoms with Crippen LogP contribution in [0.1, 0.15) is 24.5 Å². The van der Waals surface area contributed by atoms with E-state index < -0.39 is 5.41 Å². The van der Waals surface area contributed by atoms with Crippen molar-refractivity contribution in [1.29, 1.82) is 0 Å². The third-order valence-corrected chi connectivity index (χ3v) is 4.77. The van der Waals surface area contributed by atoms with Crippen LogP contribution < -0.4 is 5.73 Å². The standard InChI is InChI=1S/C20H23NO2/c1-2-23-19(22)20(16-11-7-4-8-12-16)14-17(20)18(21)13-15-9-5-3-6-10-15/h3-12,17-18H,2,13-14,21H2,1H3. The Morgan fingerprint density at radius 1 is 1.17 bits per heavy atom. The number of ether oxygens (including phenoxy) is 1. The lowest BCUT2D eigenvalue weighted by molar-refractivity contribution is -0.146. The Morgan fingerprint density at radius 3 is 2.39 bits per heavy atom. The summed E-state index contributed by atoms with van der Waals surface area (Å²) in [7, 11) is 0. The van der Waals surface area contributed by atoms with E-state index in [1.54, 1.807) is 0 Å². The molecule has 0 bridgehead atoms. The van der Waals surface area contributed by atoms with Gasteiger partial charge in [-0.05, 0) is 36.8 Å². The molecule has 0 spiro atoms. The molecule has 0 aromatic heterocycles. The number of hydrogen-bond donors (Lipinski definition) is 1. The Kier molecular flexibility index (Phi) is 4.49. The van der Waals surface area contributed by atoms with Crippen LogP contribution in [-0.2, 0) is 21.4 Å². The van der Waals surface area contributed by atoms with E-state index in [0.717, 1.165) is 18.4 Å². The van der Waals surface area contributed by atoms with E-state index in [0.29, 0.717) is 6.61 Å². The third-order valence-electron chi connectivity index (χ3n) is 4.77. The van der Waals surface area contributed by atoms with Gasteiger partial charge in [0.1, 0.15) is 0 Å². The molecule has 2 aromatic rings. The van der Waals surface area contributed by atoms with Crippen molar-refractivity contribution in [2.75, 3.05) is 6.61 Å². The van der Waals surface area contributed by atoms with Crippen molar-refractivity contribution in [2.24, 2.45) is 11.7 Å². The summed E-state index contributed by atoms with van der Waals surface area (Å²) in [6.07, 6.45) is 1.54. The molecule has 1 saturated carbocycles. The van der Waals surface area contributed by atoms with E-state index in [4.69, 9.17) is 10.5 Å². The molecule has 0 heterocycles. The minimum atomic E-state index is -0.564. The average molecular weight is 309 g/mol. The second-order valence-corrected chi connectivity index (χ2v) is 6.22. The molecule has 0 aliphatic heterocycles. The van der Waals surface area contributed by atoms with Crippen molar-refractivity contribution in [3.8, 4) is 0 Å². The summed E-state index contributed by atoms with van der Waals surface area (Å²) >= 11 is 0. The molecule has 0 radical (unpaired) electrons. The molecular weight excluding hydrogens is 286 g/mol. The minimum absolute atomic E-state index is 0.0537. The van der Waals surface area contributed by atoms with Crippen LogP contribution in [-0.4, -0.2) is 18.6 Å². The van der Waals surface area contributed by atoms with Crippen LogP contribution in [0.4, 0.5) is 0 Å². The number of nitrogens with two attached hydrogens (primary N) is 1. The lowest BCUT2D eigenvalue weighted by atomic mass is 9.89. The second-order valence-electron chi connectivity index (χ2n) is 6.22. The Balaban J connectivity index is 1.81.